The Bertz CT molecular complexity index is 391. The van der Waals surface area contributed by atoms with Gasteiger partial charge in [-0.3, -0.25) is 0 Å². The van der Waals surface area contributed by atoms with E-state index in [1.165, 1.54) is 55.2 Å². The lowest BCUT2D eigenvalue weighted by Gasteiger charge is -2.16. The number of hydrogen-bond donors (Lipinski definition) is 1. The Morgan fingerprint density at radius 2 is 1.89 bits per heavy atom. The predicted octanol–water partition coefficient (Wildman–Crippen LogP) is 4.92. The van der Waals surface area contributed by atoms with Gasteiger partial charge in [0.15, 0.2) is 0 Å². The van der Waals surface area contributed by atoms with E-state index in [1.807, 2.05) is 0 Å². The molecule has 1 aromatic rings. The van der Waals surface area contributed by atoms with Gasteiger partial charge in [-0.15, -0.1) is 0 Å². The maximum Gasteiger partial charge on any atom is 0.0291 e. The molecule has 1 nitrogen and oxygen atoms in total. The fourth-order valence-electron chi connectivity index (χ4n) is 3.16. The molecule has 1 unspecified atom stereocenters. The summed E-state index contributed by atoms with van der Waals surface area (Å²) in [5.41, 5.74) is 4.21. The van der Waals surface area contributed by atoms with Crippen molar-refractivity contribution < 1.29 is 0 Å². The Morgan fingerprint density at radius 1 is 1.16 bits per heavy atom. The summed E-state index contributed by atoms with van der Waals surface area (Å²) in [5, 5.41) is 3.67. The van der Waals surface area contributed by atoms with Crippen molar-refractivity contribution in [3.63, 3.8) is 0 Å². The van der Waals surface area contributed by atoms with Crippen LogP contribution in [0.2, 0.25) is 0 Å². The number of aryl methyl sites for hydroxylation is 2. The quantitative estimate of drug-likeness (QED) is 0.715. The fourth-order valence-corrected chi connectivity index (χ4v) is 3.16. The standard InChI is InChI=1S/C18H29N/c1-14-10-11-18(13-15(14)2)16(3)19-12-6-9-17-7-4-5-8-17/h10-11,13,16-17,19H,4-9,12H2,1-3H3. The van der Waals surface area contributed by atoms with Crippen LogP contribution in [0, 0.1) is 19.8 Å². The van der Waals surface area contributed by atoms with E-state index < -0.39 is 0 Å². The molecule has 1 fully saturated rings. The number of rotatable bonds is 6. The van der Waals surface area contributed by atoms with Crippen LogP contribution in [0.4, 0.5) is 0 Å². The molecular formula is C18H29N. The summed E-state index contributed by atoms with van der Waals surface area (Å²) >= 11 is 0. The van der Waals surface area contributed by atoms with Crippen molar-refractivity contribution in [2.24, 2.45) is 5.92 Å². The second-order valence-electron chi connectivity index (χ2n) is 6.31. The Morgan fingerprint density at radius 3 is 2.58 bits per heavy atom. The minimum absolute atomic E-state index is 0.475. The number of benzene rings is 1. The van der Waals surface area contributed by atoms with Crippen LogP contribution in [0.25, 0.3) is 0 Å². The van der Waals surface area contributed by atoms with Crippen LogP contribution < -0.4 is 5.32 Å². The van der Waals surface area contributed by atoms with Gasteiger partial charge in [0.25, 0.3) is 0 Å². The SMILES string of the molecule is Cc1ccc(C(C)NCCCC2CCCC2)cc1C. The molecular weight excluding hydrogens is 230 g/mol. The molecule has 0 heterocycles. The first-order valence-corrected chi connectivity index (χ1v) is 7.97. The van der Waals surface area contributed by atoms with Crippen LogP contribution in [0.1, 0.15) is 68.2 Å². The molecule has 1 N–H and O–H groups in total. The largest absolute Gasteiger partial charge is 0.310 e. The zero-order chi connectivity index (χ0) is 13.7. The third kappa shape index (κ3) is 4.35. The molecule has 0 aromatic heterocycles. The van der Waals surface area contributed by atoms with Gasteiger partial charge < -0.3 is 5.32 Å². The summed E-state index contributed by atoms with van der Waals surface area (Å²) in [6.45, 7) is 7.81. The summed E-state index contributed by atoms with van der Waals surface area (Å²) in [6.07, 6.45) is 8.65. The van der Waals surface area contributed by atoms with E-state index >= 15 is 0 Å². The highest BCUT2D eigenvalue weighted by atomic mass is 14.9. The lowest BCUT2D eigenvalue weighted by atomic mass is 10.0. The first-order valence-electron chi connectivity index (χ1n) is 7.97. The molecule has 0 spiro atoms. The van der Waals surface area contributed by atoms with Gasteiger partial charge in [0.05, 0.1) is 0 Å². The van der Waals surface area contributed by atoms with E-state index in [-0.39, 0.29) is 0 Å². The molecule has 1 aliphatic rings. The lowest BCUT2D eigenvalue weighted by Crippen LogP contribution is -2.20. The zero-order valence-electron chi connectivity index (χ0n) is 12.8. The van der Waals surface area contributed by atoms with E-state index in [2.05, 4.69) is 44.3 Å². The van der Waals surface area contributed by atoms with Crippen LogP contribution in [-0.2, 0) is 0 Å². The summed E-state index contributed by atoms with van der Waals surface area (Å²) in [7, 11) is 0. The summed E-state index contributed by atoms with van der Waals surface area (Å²) in [5.74, 6) is 1.03. The third-order valence-electron chi connectivity index (χ3n) is 4.75. The Hall–Kier alpha value is -0.820. The number of hydrogen-bond acceptors (Lipinski definition) is 1. The second-order valence-corrected chi connectivity index (χ2v) is 6.31. The Labute approximate surface area is 118 Å². The van der Waals surface area contributed by atoms with Crippen molar-refractivity contribution in [2.45, 2.75) is 65.3 Å². The first-order chi connectivity index (χ1) is 9.16. The molecule has 0 saturated heterocycles. The third-order valence-corrected chi connectivity index (χ3v) is 4.75. The number of nitrogens with one attached hydrogen (secondary N) is 1. The summed E-state index contributed by atoms with van der Waals surface area (Å²) in [4.78, 5) is 0. The lowest BCUT2D eigenvalue weighted by molar-refractivity contribution is 0.456. The van der Waals surface area contributed by atoms with E-state index in [0.717, 1.165) is 12.5 Å². The van der Waals surface area contributed by atoms with Crippen molar-refractivity contribution in [3.05, 3.63) is 34.9 Å². The monoisotopic (exact) mass is 259 g/mol. The molecule has 1 aliphatic carbocycles. The summed E-state index contributed by atoms with van der Waals surface area (Å²) < 4.78 is 0. The Balaban J connectivity index is 1.71. The average molecular weight is 259 g/mol. The van der Waals surface area contributed by atoms with Gasteiger partial charge in [-0.2, -0.15) is 0 Å². The van der Waals surface area contributed by atoms with Gasteiger partial charge >= 0.3 is 0 Å². The van der Waals surface area contributed by atoms with Gasteiger partial charge in [0.1, 0.15) is 0 Å². The van der Waals surface area contributed by atoms with Gasteiger partial charge in [0.2, 0.25) is 0 Å². The molecule has 0 radical (unpaired) electrons. The molecule has 106 valence electrons. The molecule has 2 rings (SSSR count). The van der Waals surface area contributed by atoms with Gasteiger partial charge in [-0.05, 0) is 62.8 Å². The first kappa shape index (κ1) is 14.6. The topological polar surface area (TPSA) is 12.0 Å². The summed E-state index contributed by atoms with van der Waals surface area (Å²) in [6, 6.07) is 7.30. The molecule has 0 bridgehead atoms. The predicted molar refractivity (Wildman–Crippen MR) is 83.5 cm³/mol. The second kappa shape index (κ2) is 7.09. The van der Waals surface area contributed by atoms with Crippen LogP contribution in [0.3, 0.4) is 0 Å². The van der Waals surface area contributed by atoms with Crippen LogP contribution in [0.5, 0.6) is 0 Å². The molecule has 1 atom stereocenters. The van der Waals surface area contributed by atoms with Gasteiger partial charge in [-0.25, -0.2) is 0 Å². The highest BCUT2D eigenvalue weighted by Crippen LogP contribution is 2.28. The molecule has 0 amide bonds. The minimum atomic E-state index is 0.475. The smallest absolute Gasteiger partial charge is 0.0291 e. The molecule has 1 saturated carbocycles. The molecule has 0 aliphatic heterocycles. The highest BCUT2D eigenvalue weighted by Gasteiger charge is 2.14. The zero-order valence-corrected chi connectivity index (χ0v) is 12.8. The van der Waals surface area contributed by atoms with Crippen molar-refractivity contribution in [2.75, 3.05) is 6.54 Å². The maximum absolute atomic E-state index is 3.67. The van der Waals surface area contributed by atoms with Crippen LogP contribution in [-0.4, -0.2) is 6.54 Å². The fraction of sp³-hybridized carbons (Fsp3) is 0.667. The Kier molecular flexibility index (Phi) is 5.45. The van der Waals surface area contributed by atoms with Crippen molar-refractivity contribution in [1.29, 1.82) is 0 Å². The van der Waals surface area contributed by atoms with Crippen molar-refractivity contribution >= 4 is 0 Å². The van der Waals surface area contributed by atoms with E-state index in [9.17, 15) is 0 Å². The van der Waals surface area contributed by atoms with E-state index in [4.69, 9.17) is 0 Å². The van der Waals surface area contributed by atoms with Crippen molar-refractivity contribution in [3.8, 4) is 0 Å². The van der Waals surface area contributed by atoms with Crippen LogP contribution in [0.15, 0.2) is 18.2 Å². The molecule has 19 heavy (non-hydrogen) atoms. The van der Waals surface area contributed by atoms with Crippen molar-refractivity contribution in [1.82, 2.24) is 5.32 Å². The van der Waals surface area contributed by atoms with E-state index in [0.29, 0.717) is 6.04 Å². The van der Waals surface area contributed by atoms with Gasteiger partial charge in [-0.1, -0.05) is 43.9 Å². The van der Waals surface area contributed by atoms with E-state index in [1.54, 1.807) is 0 Å². The average Bonchev–Trinajstić information content (AvgIpc) is 2.91. The maximum atomic E-state index is 3.67. The minimum Gasteiger partial charge on any atom is -0.310 e. The molecule has 1 heteroatoms. The normalized spacial score (nSPS) is 17.8. The molecule has 1 aromatic carbocycles. The van der Waals surface area contributed by atoms with Crippen LogP contribution >= 0.6 is 0 Å². The van der Waals surface area contributed by atoms with Gasteiger partial charge in [0, 0.05) is 6.04 Å². The highest BCUT2D eigenvalue weighted by molar-refractivity contribution is 5.31.